The van der Waals surface area contributed by atoms with Gasteiger partial charge >= 0.3 is 0 Å². The predicted molar refractivity (Wildman–Crippen MR) is 74.5 cm³/mol. The Morgan fingerprint density at radius 1 is 1.37 bits per heavy atom. The second-order valence-electron chi connectivity index (χ2n) is 4.65. The molecule has 0 bridgehead atoms. The van der Waals surface area contributed by atoms with E-state index in [4.69, 9.17) is 9.15 Å². The van der Waals surface area contributed by atoms with Gasteiger partial charge in [0.2, 0.25) is 0 Å². The van der Waals surface area contributed by atoms with Crippen LogP contribution in [0.4, 0.5) is 0 Å². The van der Waals surface area contributed by atoms with Gasteiger partial charge < -0.3 is 9.15 Å². The van der Waals surface area contributed by atoms with Gasteiger partial charge in [-0.2, -0.15) is 0 Å². The molecule has 0 saturated carbocycles. The van der Waals surface area contributed by atoms with E-state index >= 15 is 0 Å². The van der Waals surface area contributed by atoms with Crippen LogP contribution in [-0.4, -0.2) is 44.5 Å². The van der Waals surface area contributed by atoms with Crippen molar-refractivity contribution in [3.63, 3.8) is 0 Å². The van der Waals surface area contributed by atoms with Crippen LogP contribution in [0.3, 0.4) is 0 Å². The van der Waals surface area contributed by atoms with Gasteiger partial charge in [0.15, 0.2) is 5.78 Å². The van der Waals surface area contributed by atoms with Crippen molar-refractivity contribution in [2.24, 2.45) is 0 Å². The van der Waals surface area contributed by atoms with Crippen molar-refractivity contribution < 1.29 is 13.9 Å². The highest BCUT2D eigenvalue weighted by atomic mass is 16.5. The van der Waals surface area contributed by atoms with Gasteiger partial charge in [0.1, 0.15) is 11.8 Å². The third-order valence-electron chi connectivity index (χ3n) is 3.08. The Bertz CT molecular complexity index is 547. The highest BCUT2D eigenvalue weighted by molar-refractivity contribution is 6.08. The van der Waals surface area contributed by atoms with Crippen molar-refractivity contribution in [1.29, 1.82) is 0 Å². The zero-order valence-corrected chi connectivity index (χ0v) is 11.4. The molecule has 0 spiro atoms. The molecule has 0 radical (unpaired) electrons. The van der Waals surface area contributed by atoms with Crippen LogP contribution in [0, 0.1) is 0 Å². The van der Waals surface area contributed by atoms with Crippen molar-refractivity contribution in [2.75, 3.05) is 33.9 Å². The fourth-order valence-electron chi connectivity index (χ4n) is 2.08. The zero-order chi connectivity index (χ0) is 13.7. The van der Waals surface area contributed by atoms with Gasteiger partial charge in [-0.15, -0.1) is 0 Å². The van der Waals surface area contributed by atoms with E-state index in [9.17, 15) is 4.79 Å². The average molecular weight is 261 g/mol. The van der Waals surface area contributed by atoms with E-state index < -0.39 is 0 Å². The van der Waals surface area contributed by atoms with E-state index in [-0.39, 0.29) is 5.78 Å². The average Bonchev–Trinajstić information content (AvgIpc) is 2.83. The lowest BCUT2D eigenvalue weighted by molar-refractivity contribution is 0.0939. The molecule has 4 nitrogen and oxygen atoms in total. The molecule has 0 aliphatic carbocycles. The topological polar surface area (TPSA) is 42.7 Å². The monoisotopic (exact) mass is 261 g/mol. The maximum absolute atomic E-state index is 12.2. The van der Waals surface area contributed by atoms with E-state index in [1.54, 1.807) is 13.4 Å². The molecule has 102 valence electrons. The number of ether oxygens (including phenoxy) is 1. The van der Waals surface area contributed by atoms with E-state index in [1.807, 2.05) is 36.2 Å². The second-order valence-corrected chi connectivity index (χ2v) is 4.65. The number of furan rings is 1. The van der Waals surface area contributed by atoms with Crippen molar-refractivity contribution in [1.82, 2.24) is 4.90 Å². The van der Waals surface area contributed by atoms with Gasteiger partial charge in [0, 0.05) is 25.6 Å². The number of carbonyl (C=O) groups excluding carboxylic acids is 1. The number of hydrogen-bond donors (Lipinski definition) is 0. The van der Waals surface area contributed by atoms with Crippen LogP contribution >= 0.6 is 0 Å². The largest absolute Gasteiger partial charge is 0.464 e. The highest BCUT2D eigenvalue weighted by Crippen LogP contribution is 2.21. The summed E-state index contributed by atoms with van der Waals surface area (Å²) in [5.41, 5.74) is 1.42. The molecule has 2 aromatic rings. The normalized spacial score (nSPS) is 11.3. The van der Waals surface area contributed by atoms with Crippen LogP contribution in [-0.2, 0) is 4.74 Å². The predicted octanol–water partition coefficient (Wildman–Crippen LogP) is 2.58. The molecule has 0 N–H and O–H groups in total. The summed E-state index contributed by atoms with van der Waals surface area (Å²) in [6.07, 6.45) is 2.47. The molecule has 4 heteroatoms. The third-order valence-corrected chi connectivity index (χ3v) is 3.08. The number of Topliss-reactive ketones (excluding diaryl/α,β-unsaturated/α-hetero) is 1. The number of para-hydroxylation sites is 1. The first-order chi connectivity index (χ1) is 9.22. The maximum atomic E-state index is 12.2. The number of likely N-dealkylation sites (N-methyl/N-ethyl adjacent to an activating group) is 1. The molecule has 1 aromatic heterocycles. The first-order valence-corrected chi connectivity index (χ1v) is 6.39. The number of rotatable bonds is 7. The molecule has 1 heterocycles. The maximum Gasteiger partial charge on any atom is 0.180 e. The molecule has 0 amide bonds. The molecule has 0 saturated heterocycles. The number of methoxy groups -OCH3 is 1. The van der Waals surface area contributed by atoms with Gasteiger partial charge in [-0.3, -0.25) is 9.69 Å². The molecule has 0 fully saturated rings. The molecular formula is C15H19NO3. The number of ketones is 1. The molecule has 2 rings (SSSR count). The SMILES string of the molecule is COCCCN(C)CC(=O)c1coc2ccccc12. The van der Waals surface area contributed by atoms with Crippen LogP contribution in [0.1, 0.15) is 16.8 Å². The first-order valence-electron chi connectivity index (χ1n) is 6.39. The number of nitrogens with zero attached hydrogens (tertiary/aromatic N) is 1. The van der Waals surface area contributed by atoms with Crippen molar-refractivity contribution in [3.8, 4) is 0 Å². The summed E-state index contributed by atoms with van der Waals surface area (Å²) in [5.74, 6) is 0.0878. The number of fused-ring (bicyclic) bond motifs is 1. The van der Waals surface area contributed by atoms with Gasteiger partial charge in [-0.1, -0.05) is 18.2 Å². The Morgan fingerprint density at radius 3 is 2.95 bits per heavy atom. The minimum absolute atomic E-state index is 0.0878. The summed E-state index contributed by atoms with van der Waals surface area (Å²) in [6.45, 7) is 1.95. The molecule has 1 aromatic carbocycles. The number of benzene rings is 1. The lowest BCUT2D eigenvalue weighted by Gasteiger charge is -2.14. The van der Waals surface area contributed by atoms with E-state index in [1.165, 1.54) is 0 Å². The quantitative estimate of drug-likeness (QED) is 0.567. The van der Waals surface area contributed by atoms with Crippen molar-refractivity contribution in [3.05, 3.63) is 36.1 Å². The summed E-state index contributed by atoms with van der Waals surface area (Å²) in [5, 5.41) is 0.887. The summed E-state index contributed by atoms with van der Waals surface area (Å²) < 4.78 is 10.4. The molecule has 0 aliphatic heterocycles. The fraction of sp³-hybridized carbons (Fsp3) is 0.400. The van der Waals surface area contributed by atoms with E-state index in [2.05, 4.69) is 0 Å². The summed E-state index contributed by atoms with van der Waals surface area (Å²) >= 11 is 0. The standard InChI is InChI=1S/C15H19NO3/c1-16(8-5-9-18-2)10-14(17)13-11-19-15-7-4-3-6-12(13)15/h3-4,6-7,11H,5,8-10H2,1-2H3. The Kier molecular flexibility index (Phi) is 4.71. The van der Waals surface area contributed by atoms with Crippen LogP contribution in [0.15, 0.2) is 34.9 Å². The lowest BCUT2D eigenvalue weighted by atomic mass is 10.1. The fourth-order valence-corrected chi connectivity index (χ4v) is 2.08. The Hall–Kier alpha value is -1.65. The van der Waals surface area contributed by atoms with Crippen LogP contribution in [0.2, 0.25) is 0 Å². The lowest BCUT2D eigenvalue weighted by Crippen LogP contribution is -2.27. The van der Waals surface area contributed by atoms with E-state index in [0.717, 1.165) is 23.9 Å². The third kappa shape index (κ3) is 3.43. The Morgan fingerprint density at radius 2 is 2.16 bits per heavy atom. The summed E-state index contributed by atoms with van der Waals surface area (Å²) in [4.78, 5) is 14.2. The number of carbonyl (C=O) groups is 1. The highest BCUT2D eigenvalue weighted by Gasteiger charge is 2.14. The molecule has 19 heavy (non-hydrogen) atoms. The minimum atomic E-state index is 0.0878. The van der Waals surface area contributed by atoms with Gasteiger partial charge in [-0.25, -0.2) is 0 Å². The van der Waals surface area contributed by atoms with Crippen LogP contribution < -0.4 is 0 Å². The summed E-state index contributed by atoms with van der Waals surface area (Å²) in [6, 6.07) is 7.60. The second kappa shape index (κ2) is 6.50. The Balaban J connectivity index is 2.00. The van der Waals surface area contributed by atoms with Crippen LogP contribution in [0.5, 0.6) is 0 Å². The molecule has 0 unspecified atom stereocenters. The van der Waals surface area contributed by atoms with Gasteiger partial charge in [0.05, 0.1) is 12.1 Å². The summed E-state index contributed by atoms with van der Waals surface area (Å²) in [7, 11) is 3.62. The molecular weight excluding hydrogens is 242 g/mol. The van der Waals surface area contributed by atoms with Gasteiger partial charge in [0.25, 0.3) is 0 Å². The van der Waals surface area contributed by atoms with E-state index in [0.29, 0.717) is 18.7 Å². The van der Waals surface area contributed by atoms with Crippen molar-refractivity contribution >= 4 is 16.8 Å². The Labute approximate surface area is 112 Å². The smallest absolute Gasteiger partial charge is 0.180 e. The number of hydrogen-bond acceptors (Lipinski definition) is 4. The van der Waals surface area contributed by atoms with Crippen LogP contribution in [0.25, 0.3) is 11.0 Å². The molecule has 0 aliphatic rings. The first kappa shape index (κ1) is 13.8. The minimum Gasteiger partial charge on any atom is -0.464 e. The van der Waals surface area contributed by atoms with Gasteiger partial charge in [-0.05, 0) is 19.5 Å². The molecule has 0 atom stereocenters. The zero-order valence-electron chi connectivity index (χ0n) is 11.4. The van der Waals surface area contributed by atoms with Crippen molar-refractivity contribution in [2.45, 2.75) is 6.42 Å².